The molecule has 1 heterocycles. The molecule has 1 saturated heterocycles. The smallest absolute Gasteiger partial charge is 0.00670 e. The van der Waals surface area contributed by atoms with Crippen molar-refractivity contribution < 1.29 is 0 Å². The Morgan fingerprint density at radius 3 is 2.82 bits per heavy atom. The second-order valence-corrected chi connectivity index (χ2v) is 3.64. The average Bonchev–Trinajstić information content (AvgIpc) is 2.07. The molecule has 1 heteroatoms. The molecule has 1 N–H and O–H groups in total. The maximum atomic E-state index is 3.58. The minimum Gasteiger partial charge on any atom is -0.314 e. The summed E-state index contributed by atoms with van der Waals surface area (Å²) in [6.45, 7) is 3.53. The Labute approximate surface area is 70.6 Å². The van der Waals surface area contributed by atoms with Crippen LogP contribution >= 0.6 is 0 Å². The molecule has 1 atom stereocenters. The molecule has 1 unspecified atom stereocenters. The van der Waals surface area contributed by atoms with Gasteiger partial charge in [0.15, 0.2) is 0 Å². The highest BCUT2D eigenvalue weighted by Gasteiger charge is 2.10. The first-order valence-corrected chi connectivity index (χ1v) is 5.17. The fourth-order valence-corrected chi connectivity index (χ4v) is 1.81. The molecule has 0 aromatic rings. The molecule has 0 aromatic heterocycles. The van der Waals surface area contributed by atoms with Gasteiger partial charge in [0.25, 0.3) is 0 Å². The van der Waals surface area contributed by atoms with E-state index in [1.165, 1.54) is 51.5 Å². The fourth-order valence-electron chi connectivity index (χ4n) is 1.81. The Hall–Kier alpha value is -0.0400. The Balaban J connectivity index is 1.96. The van der Waals surface area contributed by atoms with Gasteiger partial charge in [-0.2, -0.15) is 0 Å². The van der Waals surface area contributed by atoms with Crippen LogP contribution in [0.5, 0.6) is 0 Å². The van der Waals surface area contributed by atoms with E-state index in [0.29, 0.717) is 0 Å². The molecule has 66 valence electrons. The van der Waals surface area contributed by atoms with E-state index in [1.807, 2.05) is 0 Å². The summed E-state index contributed by atoms with van der Waals surface area (Å²) in [7, 11) is 0. The average molecular weight is 155 g/mol. The summed E-state index contributed by atoms with van der Waals surface area (Å²) in [4.78, 5) is 0. The number of rotatable bonds is 4. The van der Waals surface area contributed by atoms with Gasteiger partial charge >= 0.3 is 0 Å². The molecule has 0 aromatic carbocycles. The molecular formula is C10H21N. The molecule has 1 nitrogen and oxygen atoms in total. The molecule has 1 rings (SSSR count). The lowest BCUT2D eigenvalue weighted by atomic mass is 9.99. The van der Waals surface area contributed by atoms with E-state index < -0.39 is 0 Å². The van der Waals surface area contributed by atoms with Crippen molar-refractivity contribution in [3.8, 4) is 0 Å². The van der Waals surface area contributed by atoms with Crippen molar-refractivity contribution >= 4 is 0 Å². The van der Waals surface area contributed by atoms with Crippen molar-refractivity contribution in [2.75, 3.05) is 6.54 Å². The second-order valence-electron chi connectivity index (χ2n) is 3.64. The summed E-state index contributed by atoms with van der Waals surface area (Å²) in [5.74, 6) is 0. The van der Waals surface area contributed by atoms with Gasteiger partial charge in [0.2, 0.25) is 0 Å². The molecule has 0 aliphatic carbocycles. The minimum atomic E-state index is 0.857. The Morgan fingerprint density at radius 1 is 1.27 bits per heavy atom. The van der Waals surface area contributed by atoms with Gasteiger partial charge in [0.1, 0.15) is 0 Å². The van der Waals surface area contributed by atoms with Crippen LogP contribution in [0.3, 0.4) is 0 Å². The van der Waals surface area contributed by atoms with Crippen molar-refractivity contribution in [1.82, 2.24) is 5.32 Å². The molecule has 11 heavy (non-hydrogen) atoms. The maximum Gasteiger partial charge on any atom is 0.00670 e. The second kappa shape index (κ2) is 5.59. The predicted octanol–water partition coefficient (Wildman–Crippen LogP) is 2.71. The largest absolute Gasteiger partial charge is 0.314 e. The number of piperidine rings is 1. The highest BCUT2D eigenvalue weighted by atomic mass is 14.9. The van der Waals surface area contributed by atoms with Gasteiger partial charge in [0, 0.05) is 6.04 Å². The highest BCUT2D eigenvalue weighted by molar-refractivity contribution is 4.71. The van der Waals surface area contributed by atoms with Crippen LogP contribution in [0.2, 0.25) is 0 Å². The van der Waals surface area contributed by atoms with Gasteiger partial charge in [-0.1, -0.05) is 32.6 Å². The number of unbranched alkanes of at least 4 members (excludes halogenated alkanes) is 2. The summed E-state index contributed by atoms with van der Waals surface area (Å²) in [6.07, 6.45) is 9.87. The maximum absolute atomic E-state index is 3.58. The Bertz CT molecular complexity index is 84.9. The number of hydrogen-bond acceptors (Lipinski definition) is 1. The third kappa shape index (κ3) is 3.76. The van der Waals surface area contributed by atoms with Gasteiger partial charge in [-0.25, -0.2) is 0 Å². The van der Waals surface area contributed by atoms with E-state index in [2.05, 4.69) is 12.2 Å². The van der Waals surface area contributed by atoms with Crippen LogP contribution in [0.1, 0.15) is 51.9 Å². The zero-order valence-corrected chi connectivity index (χ0v) is 7.73. The van der Waals surface area contributed by atoms with E-state index in [4.69, 9.17) is 0 Å². The number of nitrogens with one attached hydrogen (secondary N) is 1. The van der Waals surface area contributed by atoms with E-state index in [1.54, 1.807) is 0 Å². The van der Waals surface area contributed by atoms with Gasteiger partial charge in [-0.05, 0) is 25.8 Å². The molecule has 1 fully saturated rings. The Morgan fingerprint density at radius 2 is 2.18 bits per heavy atom. The molecule has 0 radical (unpaired) electrons. The summed E-state index contributed by atoms with van der Waals surface area (Å²) in [5, 5.41) is 3.58. The van der Waals surface area contributed by atoms with Crippen LogP contribution < -0.4 is 5.32 Å². The zero-order valence-electron chi connectivity index (χ0n) is 7.73. The lowest BCUT2D eigenvalue weighted by Crippen LogP contribution is -2.33. The minimum absolute atomic E-state index is 0.857. The van der Waals surface area contributed by atoms with Crippen LogP contribution in [0, 0.1) is 0 Å². The van der Waals surface area contributed by atoms with Crippen molar-refractivity contribution in [3.63, 3.8) is 0 Å². The molecule has 0 spiro atoms. The quantitative estimate of drug-likeness (QED) is 0.615. The van der Waals surface area contributed by atoms with Crippen LogP contribution in [0.15, 0.2) is 0 Å². The monoisotopic (exact) mass is 155 g/mol. The molecule has 1 aliphatic rings. The van der Waals surface area contributed by atoms with Crippen LogP contribution in [0.4, 0.5) is 0 Å². The molecule has 0 bridgehead atoms. The summed E-state index contributed by atoms with van der Waals surface area (Å²) in [5.41, 5.74) is 0. The van der Waals surface area contributed by atoms with E-state index in [9.17, 15) is 0 Å². The lowest BCUT2D eigenvalue weighted by Gasteiger charge is -2.23. The van der Waals surface area contributed by atoms with E-state index in [-0.39, 0.29) is 0 Å². The van der Waals surface area contributed by atoms with Gasteiger partial charge in [-0.3, -0.25) is 0 Å². The third-order valence-electron chi connectivity index (χ3n) is 2.57. The van der Waals surface area contributed by atoms with E-state index >= 15 is 0 Å². The summed E-state index contributed by atoms with van der Waals surface area (Å²) >= 11 is 0. The topological polar surface area (TPSA) is 12.0 Å². The first-order valence-electron chi connectivity index (χ1n) is 5.17. The lowest BCUT2D eigenvalue weighted by molar-refractivity contribution is 0.372. The van der Waals surface area contributed by atoms with E-state index in [0.717, 1.165) is 6.04 Å². The Kier molecular flexibility index (Phi) is 4.60. The zero-order chi connectivity index (χ0) is 7.94. The molecular weight excluding hydrogens is 134 g/mol. The highest BCUT2D eigenvalue weighted by Crippen LogP contribution is 2.13. The summed E-state index contributed by atoms with van der Waals surface area (Å²) < 4.78 is 0. The van der Waals surface area contributed by atoms with Crippen molar-refractivity contribution in [2.45, 2.75) is 57.9 Å². The van der Waals surface area contributed by atoms with Crippen molar-refractivity contribution in [3.05, 3.63) is 0 Å². The van der Waals surface area contributed by atoms with Gasteiger partial charge in [-0.15, -0.1) is 0 Å². The van der Waals surface area contributed by atoms with Crippen molar-refractivity contribution in [2.24, 2.45) is 0 Å². The van der Waals surface area contributed by atoms with Crippen LogP contribution in [-0.2, 0) is 0 Å². The molecule has 0 amide bonds. The van der Waals surface area contributed by atoms with Gasteiger partial charge in [0.05, 0.1) is 0 Å². The summed E-state index contributed by atoms with van der Waals surface area (Å²) in [6, 6.07) is 0.857. The first-order chi connectivity index (χ1) is 5.43. The van der Waals surface area contributed by atoms with Gasteiger partial charge < -0.3 is 5.32 Å². The SMILES string of the molecule is CCCCCC1CCCCN1. The van der Waals surface area contributed by atoms with Crippen LogP contribution in [0.25, 0.3) is 0 Å². The van der Waals surface area contributed by atoms with Crippen molar-refractivity contribution in [1.29, 1.82) is 0 Å². The molecule has 1 aliphatic heterocycles. The number of hydrogen-bond donors (Lipinski definition) is 1. The standard InChI is InChI=1S/C10H21N/c1-2-3-4-7-10-8-5-6-9-11-10/h10-11H,2-9H2,1H3. The molecule has 0 saturated carbocycles. The van der Waals surface area contributed by atoms with Crippen LogP contribution in [-0.4, -0.2) is 12.6 Å². The fraction of sp³-hybridized carbons (Fsp3) is 1.00. The first kappa shape index (κ1) is 9.05. The third-order valence-corrected chi connectivity index (χ3v) is 2.57. The normalized spacial score (nSPS) is 25.4. The predicted molar refractivity (Wildman–Crippen MR) is 49.8 cm³/mol.